The van der Waals surface area contributed by atoms with Crippen LogP contribution in [0.3, 0.4) is 0 Å². The highest BCUT2D eigenvalue weighted by molar-refractivity contribution is 5.94. The van der Waals surface area contributed by atoms with E-state index in [2.05, 4.69) is 4.74 Å². The van der Waals surface area contributed by atoms with Crippen molar-refractivity contribution < 1.29 is 19.1 Å². The maximum atomic E-state index is 11.6. The average molecular weight is 206 g/mol. The molecule has 78 valence electrons. The van der Waals surface area contributed by atoms with Gasteiger partial charge in [-0.15, -0.1) is 0 Å². The first kappa shape index (κ1) is 9.71. The molecular formula is C11H10O4. The standard InChI is InChI=1S/C11H10O4/c1-14-10(13)11(7-9(12)15-11)8-5-3-2-4-6-8/h2-6H,7H2,1H3/t11-/m1/s1. The molecule has 0 aromatic heterocycles. The molecule has 0 saturated carbocycles. The number of hydrogen-bond acceptors (Lipinski definition) is 4. The van der Waals surface area contributed by atoms with Crippen LogP contribution in [-0.4, -0.2) is 19.0 Å². The van der Waals surface area contributed by atoms with Gasteiger partial charge in [-0.25, -0.2) is 4.79 Å². The lowest BCUT2D eigenvalue weighted by Gasteiger charge is -2.37. The minimum absolute atomic E-state index is 0.0453. The third kappa shape index (κ3) is 1.38. The summed E-state index contributed by atoms with van der Waals surface area (Å²) in [4.78, 5) is 22.4. The number of cyclic esters (lactones) is 1. The van der Waals surface area contributed by atoms with Gasteiger partial charge in [0.15, 0.2) is 0 Å². The predicted molar refractivity (Wildman–Crippen MR) is 50.8 cm³/mol. The molecule has 1 aromatic carbocycles. The van der Waals surface area contributed by atoms with Crippen LogP contribution in [0.5, 0.6) is 0 Å². The van der Waals surface area contributed by atoms with Crippen molar-refractivity contribution in [2.75, 3.05) is 7.11 Å². The fraction of sp³-hybridized carbons (Fsp3) is 0.273. The minimum Gasteiger partial charge on any atom is -0.466 e. The fourth-order valence-corrected chi connectivity index (χ4v) is 1.65. The molecule has 1 aliphatic heterocycles. The van der Waals surface area contributed by atoms with Gasteiger partial charge in [0.2, 0.25) is 5.60 Å². The molecular weight excluding hydrogens is 196 g/mol. The highest BCUT2D eigenvalue weighted by atomic mass is 16.6. The molecule has 1 atom stereocenters. The van der Waals surface area contributed by atoms with E-state index >= 15 is 0 Å². The van der Waals surface area contributed by atoms with Crippen molar-refractivity contribution in [2.24, 2.45) is 0 Å². The lowest BCUT2D eigenvalue weighted by molar-refractivity contribution is -0.208. The second-order valence-electron chi connectivity index (χ2n) is 3.34. The largest absolute Gasteiger partial charge is 0.466 e. The second-order valence-corrected chi connectivity index (χ2v) is 3.34. The molecule has 4 heteroatoms. The lowest BCUT2D eigenvalue weighted by atomic mass is 9.86. The van der Waals surface area contributed by atoms with E-state index in [9.17, 15) is 9.59 Å². The van der Waals surface area contributed by atoms with Gasteiger partial charge in [-0.2, -0.15) is 0 Å². The van der Waals surface area contributed by atoms with Crippen LogP contribution in [0.4, 0.5) is 0 Å². The zero-order valence-corrected chi connectivity index (χ0v) is 8.23. The third-order valence-electron chi connectivity index (χ3n) is 2.44. The minimum atomic E-state index is -1.22. The number of carbonyl (C=O) groups is 2. The summed E-state index contributed by atoms with van der Waals surface area (Å²) in [5, 5.41) is 0. The van der Waals surface area contributed by atoms with Crippen LogP contribution in [0.15, 0.2) is 30.3 Å². The van der Waals surface area contributed by atoms with Crippen LogP contribution in [0.25, 0.3) is 0 Å². The van der Waals surface area contributed by atoms with Gasteiger partial charge in [0.25, 0.3) is 0 Å². The number of esters is 2. The van der Waals surface area contributed by atoms with Crippen LogP contribution >= 0.6 is 0 Å². The SMILES string of the molecule is COC(=O)[C@]1(c2ccccc2)CC(=O)O1. The van der Waals surface area contributed by atoms with Crippen molar-refractivity contribution in [2.45, 2.75) is 12.0 Å². The van der Waals surface area contributed by atoms with Crippen LogP contribution < -0.4 is 0 Å². The summed E-state index contributed by atoms with van der Waals surface area (Å²) in [5.41, 5.74) is -0.566. The van der Waals surface area contributed by atoms with Crippen molar-refractivity contribution in [3.63, 3.8) is 0 Å². The summed E-state index contributed by atoms with van der Waals surface area (Å²) in [7, 11) is 1.28. The van der Waals surface area contributed by atoms with Crippen molar-refractivity contribution in [1.82, 2.24) is 0 Å². The van der Waals surface area contributed by atoms with Gasteiger partial charge < -0.3 is 9.47 Å². The summed E-state index contributed by atoms with van der Waals surface area (Å²) < 4.78 is 9.60. The monoisotopic (exact) mass is 206 g/mol. The number of rotatable bonds is 2. The molecule has 0 radical (unpaired) electrons. The number of methoxy groups -OCH3 is 1. The Balaban J connectivity index is 2.37. The Bertz CT molecular complexity index is 388. The van der Waals surface area contributed by atoms with Crippen LogP contribution in [0.2, 0.25) is 0 Å². The van der Waals surface area contributed by atoms with Crippen molar-refractivity contribution in [3.8, 4) is 0 Å². The topological polar surface area (TPSA) is 52.6 Å². The molecule has 0 aliphatic carbocycles. The number of benzene rings is 1. The summed E-state index contributed by atoms with van der Waals surface area (Å²) >= 11 is 0. The molecule has 1 heterocycles. The maximum Gasteiger partial charge on any atom is 0.355 e. The van der Waals surface area contributed by atoms with E-state index in [1.807, 2.05) is 6.07 Å². The maximum absolute atomic E-state index is 11.6. The Kier molecular flexibility index (Phi) is 2.19. The van der Waals surface area contributed by atoms with Crippen molar-refractivity contribution >= 4 is 11.9 Å². The van der Waals surface area contributed by atoms with E-state index in [-0.39, 0.29) is 12.4 Å². The zero-order valence-electron chi connectivity index (χ0n) is 8.23. The second kappa shape index (κ2) is 3.38. The Hall–Kier alpha value is -1.84. The van der Waals surface area contributed by atoms with Gasteiger partial charge in [-0.3, -0.25) is 4.79 Å². The van der Waals surface area contributed by atoms with Gasteiger partial charge >= 0.3 is 11.9 Å². The number of ether oxygens (including phenoxy) is 2. The highest BCUT2D eigenvalue weighted by Gasteiger charge is 2.55. The summed E-state index contributed by atoms with van der Waals surface area (Å²) in [5.74, 6) is -0.919. The van der Waals surface area contributed by atoms with E-state index in [1.165, 1.54) is 7.11 Å². The van der Waals surface area contributed by atoms with Crippen molar-refractivity contribution in [1.29, 1.82) is 0 Å². The number of hydrogen-bond donors (Lipinski definition) is 0. The van der Waals surface area contributed by atoms with Crippen LogP contribution in [-0.2, 0) is 24.7 Å². The molecule has 4 nitrogen and oxygen atoms in total. The van der Waals surface area contributed by atoms with E-state index in [1.54, 1.807) is 24.3 Å². The molecule has 2 rings (SSSR count). The first-order valence-corrected chi connectivity index (χ1v) is 4.55. The van der Waals surface area contributed by atoms with Crippen LogP contribution in [0.1, 0.15) is 12.0 Å². The lowest BCUT2D eigenvalue weighted by Crippen LogP contribution is -2.51. The molecule has 1 aliphatic rings. The third-order valence-corrected chi connectivity index (χ3v) is 2.44. The summed E-state index contributed by atoms with van der Waals surface area (Å²) in [6, 6.07) is 8.88. The molecule has 1 saturated heterocycles. The van der Waals surface area contributed by atoms with E-state index in [0.29, 0.717) is 5.56 Å². The summed E-state index contributed by atoms with van der Waals surface area (Å²) in [6.07, 6.45) is 0.0453. The first-order valence-electron chi connectivity index (χ1n) is 4.55. The molecule has 0 bridgehead atoms. The Morgan fingerprint density at radius 1 is 1.40 bits per heavy atom. The van der Waals surface area contributed by atoms with Gasteiger partial charge in [-0.1, -0.05) is 30.3 Å². The average Bonchev–Trinajstić information content (AvgIpc) is 2.24. The molecule has 0 unspecified atom stereocenters. The molecule has 0 N–H and O–H groups in total. The predicted octanol–water partition coefficient (Wildman–Crippen LogP) is 1.00. The summed E-state index contributed by atoms with van der Waals surface area (Å²) in [6.45, 7) is 0. The quantitative estimate of drug-likeness (QED) is 0.677. The van der Waals surface area contributed by atoms with Crippen LogP contribution in [0, 0.1) is 0 Å². The van der Waals surface area contributed by atoms with Gasteiger partial charge in [-0.05, 0) is 0 Å². The van der Waals surface area contributed by atoms with Gasteiger partial charge in [0.05, 0.1) is 7.11 Å². The van der Waals surface area contributed by atoms with Gasteiger partial charge in [0.1, 0.15) is 6.42 Å². The van der Waals surface area contributed by atoms with Gasteiger partial charge in [0, 0.05) is 5.56 Å². The fourth-order valence-electron chi connectivity index (χ4n) is 1.65. The number of carbonyl (C=O) groups excluding carboxylic acids is 2. The molecule has 15 heavy (non-hydrogen) atoms. The normalized spacial score (nSPS) is 23.9. The van der Waals surface area contributed by atoms with E-state index < -0.39 is 11.6 Å². The smallest absolute Gasteiger partial charge is 0.355 e. The Morgan fingerprint density at radius 2 is 2.00 bits per heavy atom. The zero-order chi connectivity index (χ0) is 10.9. The first-order chi connectivity index (χ1) is 7.19. The van der Waals surface area contributed by atoms with E-state index in [0.717, 1.165) is 0 Å². The molecule has 1 aromatic rings. The molecule has 0 amide bonds. The molecule has 1 fully saturated rings. The van der Waals surface area contributed by atoms with Crippen molar-refractivity contribution in [3.05, 3.63) is 35.9 Å². The molecule has 0 spiro atoms. The Labute approximate surface area is 86.8 Å². The highest BCUT2D eigenvalue weighted by Crippen LogP contribution is 2.39. The van der Waals surface area contributed by atoms with E-state index in [4.69, 9.17) is 4.74 Å². The Morgan fingerprint density at radius 3 is 2.47 bits per heavy atom.